The van der Waals surface area contributed by atoms with Crippen LogP contribution in [0.3, 0.4) is 0 Å². The molecule has 0 unspecified atom stereocenters. The van der Waals surface area contributed by atoms with Crippen molar-refractivity contribution in [1.82, 2.24) is 4.98 Å². The third-order valence-corrected chi connectivity index (χ3v) is 5.48. The molecule has 3 aromatic rings. The number of nitrogens with zero attached hydrogens (tertiary/aromatic N) is 2. The van der Waals surface area contributed by atoms with Gasteiger partial charge in [0.15, 0.2) is 0 Å². The normalized spacial score (nSPS) is 11.4. The topological polar surface area (TPSA) is 63.4 Å². The number of hydrogen-bond donors (Lipinski definition) is 0. The number of benzene rings is 1. The highest BCUT2D eigenvalue weighted by atomic mass is 35.5. The Morgan fingerprint density at radius 3 is 2.62 bits per heavy atom. The zero-order chi connectivity index (χ0) is 17.2. The first-order valence-corrected chi connectivity index (χ1v) is 8.71. The van der Waals surface area contributed by atoms with E-state index in [9.17, 15) is 12.8 Å². The molecule has 0 atom stereocenters. The predicted octanol–water partition coefficient (Wildman–Crippen LogP) is 3.86. The standard InChI is InChI=1S/C16H12ClFN2O3S/c17-14-10-12(18)6-7-15(14)24(21,22)20(11-13-4-3-9-23-13)16-5-1-2-8-19-16/h1-10H,11H2. The average Bonchev–Trinajstić information content (AvgIpc) is 3.06. The molecule has 0 aliphatic carbocycles. The average molecular weight is 367 g/mol. The van der Waals surface area contributed by atoms with Crippen molar-refractivity contribution in [1.29, 1.82) is 0 Å². The molecule has 8 heteroatoms. The van der Waals surface area contributed by atoms with Gasteiger partial charge in [-0.1, -0.05) is 17.7 Å². The van der Waals surface area contributed by atoms with Gasteiger partial charge in [0, 0.05) is 6.20 Å². The molecule has 0 saturated carbocycles. The molecule has 3 rings (SSSR count). The van der Waals surface area contributed by atoms with Crippen LogP contribution in [-0.4, -0.2) is 13.4 Å². The van der Waals surface area contributed by atoms with Crippen molar-refractivity contribution in [2.45, 2.75) is 11.4 Å². The third-order valence-electron chi connectivity index (χ3n) is 3.25. The van der Waals surface area contributed by atoms with Crippen LogP contribution in [0.15, 0.2) is 70.3 Å². The summed E-state index contributed by atoms with van der Waals surface area (Å²) in [6.07, 6.45) is 2.93. The van der Waals surface area contributed by atoms with Crippen LogP contribution in [0.25, 0.3) is 0 Å². The van der Waals surface area contributed by atoms with E-state index in [0.29, 0.717) is 5.76 Å². The van der Waals surface area contributed by atoms with Crippen molar-refractivity contribution in [3.8, 4) is 0 Å². The van der Waals surface area contributed by atoms with Crippen LogP contribution in [0.5, 0.6) is 0 Å². The number of pyridine rings is 1. The van der Waals surface area contributed by atoms with Gasteiger partial charge in [-0.05, 0) is 42.5 Å². The molecular weight excluding hydrogens is 355 g/mol. The van der Waals surface area contributed by atoms with E-state index in [1.54, 1.807) is 30.3 Å². The van der Waals surface area contributed by atoms with E-state index in [2.05, 4.69) is 4.98 Å². The minimum Gasteiger partial charge on any atom is -0.467 e. The van der Waals surface area contributed by atoms with E-state index in [1.165, 1.54) is 12.5 Å². The SMILES string of the molecule is O=S(=O)(c1ccc(F)cc1Cl)N(Cc1ccco1)c1ccccn1. The molecule has 0 amide bonds. The Labute approximate surface area is 143 Å². The van der Waals surface area contributed by atoms with E-state index >= 15 is 0 Å². The number of rotatable bonds is 5. The molecule has 2 heterocycles. The highest BCUT2D eigenvalue weighted by molar-refractivity contribution is 7.92. The number of hydrogen-bond acceptors (Lipinski definition) is 4. The van der Waals surface area contributed by atoms with Gasteiger partial charge in [-0.2, -0.15) is 0 Å². The van der Waals surface area contributed by atoms with Gasteiger partial charge in [0.1, 0.15) is 22.3 Å². The van der Waals surface area contributed by atoms with E-state index in [4.69, 9.17) is 16.0 Å². The summed E-state index contributed by atoms with van der Waals surface area (Å²) in [5, 5.41) is -0.199. The number of furan rings is 1. The second kappa shape index (κ2) is 6.62. The van der Waals surface area contributed by atoms with Crippen LogP contribution in [0.2, 0.25) is 5.02 Å². The number of anilines is 1. The summed E-state index contributed by atoms with van der Waals surface area (Å²) in [7, 11) is -4.07. The molecule has 0 spiro atoms. The maximum Gasteiger partial charge on any atom is 0.267 e. The Bertz CT molecular complexity index is 931. The first-order chi connectivity index (χ1) is 11.5. The quantitative estimate of drug-likeness (QED) is 0.687. The Hall–Kier alpha value is -2.38. The lowest BCUT2D eigenvalue weighted by molar-refractivity contribution is 0.508. The van der Waals surface area contributed by atoms with Crippen molar-refractivity contribution in [2.24, 2.45) is 0 Å². The summed E-state index contributed by atoms with van der Waals surface area (Å²) >= 11 is 5.94. The fourth-order valence-electron chi connectivity index (χ4n) is 2.14. The van der Waals surface area contributed by atoms with Gasteiger partial charge < -0.3 is 4.42 Å². The smallest absolute Gasteiger partial charge is 0.267 e. The van der Waals surface area contributed by atoms with Gasteiger partial charge in [-0.3, -0.25) is 0 Å². The summed E-state index contributed by atoms with van der Waals surface area (Å²) in [5.41, 5.74) is 0. The van der Waals surface area contributed by atoms with E-state index in [-0.39, 0.29) is 22.3 Å². The van der Waals surface area contributed by atoms with Crippen molar-refractivity contribution in [3.63, 3.8) is 0 Å². The van der Waals surface area contributed by atoms with Crippen LogP contribution >= 0.6 is 11.6 Å². The van der Waals surface area contributed by atoms with E-state index < -0.39 is 15.8 Å². The fraction of sp³-hybridized carbons (Fsp3) is 0.0625. The zero-order valence-corrected chi connectivity index (χ0v) is 13.8. The molecule has 0 aliphatic heterocycles. The Morgan fingerprint density at radius 1 is 1.17 bits per heavy atom. The zero-order valence-electron chi connectivity index (χ0n) is 12.3. The molecule has 0 saturated heterocycles. The van der Waals surface area contributed by atoms with Crippen molar-refractivity contribution in [2.75, 3.05) is 4.31 Å². The van der Waals surface area contributed by atoms with E-state index in [1.807, 2.05) is 0 Å². The van der Waals surface area contributed by atoms with Gasteiger partial charge >= 0.3 is 0 Å². The first-order valence-electron chi connectivity index (χ1n) is 6.90. The van der Waals surface area contributed by atoms with Gasteiger partial charge in [0.2, 0.25) is 0 Å². The van der Waals surface area contributed by atoms with Crippen molar-refractivity contribution in [3.05, 3.63) is 77.6 Å². The fourth-order valence-corrected chi connectivity index (χ4v) is 4.03. The third kappa shape index (κ3) is 3.27. The Balaban J connectivity index is 2.10. The number of aromatic nitrogens is 1. The van der Waals surface area contributed by atoms with Crippen molar-refractivity contribution >= 4 is 27.4 Å². The second-order valence-corrected chi connectivity index (χ2v) is 7.09. The van der Waals surface area contributed by atoms with Gasteiger partial charge in [-0.15, -0.1) is 0 Å². The molecule has 124 valence electrons. The Morgan fingerprint density at radius 2 is 2.00 bits per heavy atom. The van der Waals surface area contributed by atoms with Crippen LogP contribution in [0.4, 0.5) is 10.2 Å². The van der Waals surface area contributed by atoms with Crippen LogP contribution in [0, 0.1) is 5.82 Å². The van der Waals surface area contributed by atoms with Gasteiger partial charge in [0.05, 0.1) is 17.8 Å². The molecule has 0 N–H and O–H groups in total. The number of halogens is 2. The van der Waals surface area contributed by atoms with Crippen LogP contribution in [0.1, 0.15) is 5.76 Å². The molecule has 0 aliphatic rings. The largest absolute Gasteiger partial charge is 0.467 e. The molecule has 0 fully saturated rings. The predicted molar refractivity (Wildman–Crippen MR) is 87.7 cm³/mol. The Kier molecular flexibility index (Phi) is 4.55. The van der Waals surface area contributed by atoms with Gasteiger partial charge in [-0.25, -0.2) is 22.1 Å². The lowest BCUT2D eigenvalue weighted by Crippen LogP contribution is -2.31. The molecule has 5 nitrogen and oxygen atoms in total. The van der Waals surface area contributed by atoms with Crippen LogP contribution in [-0.2, 0) is 16.6 Å². The molecule has 0 bridgehead atoms. The molecule has 2 aromatic heterocycles. The molecular formula is C16H12ClFN2O3S. The lowest BCUT2D eigenvalue weighted by Gasteiger charge is -2.23. The summed E-state index contributed by atoms with van der Waals surface area (Å²) in [4.78, 5) is 3.88. The number of sulfonamides is 1. The molecule has 1 aromatic carbocycles. The maximum absolute atomic E-state index is 13.2. The molecule has 0 radical (unpaired) electrons. The molecule has 24 heavy (non-hydrogen) atoms. The highest BCUT2D eigenvalue weighted by Crippen LogP contribution is 2.29. The first kappa shape index (κ1) is 16.5. The summed E-state index contributed by atoms with van der Waals surface area (Å²) < 4.78 is 45.6. The summed E-state index contributed by atoms with van der Waals surface area (Å²) in [5.74, 6) is 0.0196. The minimum absolute atomic E-state index is 0.0694. The second-order valence-electron chi connectivity index (χ2n) is 4.85. The van der Waals surface area contributed by atoms with Gasteiger partial charge in [0.25, 0.3) is 10.0 Å². The van der Waals surface area contributed by atoms with Crippen LogP contribution < -0.4 is 4.31 Å². The maximum atomic E-state index is 13.2. The minimum atomic E-state index is -4.07. The monoisotopic (exact) mass is 366 g/mol. The summed E-state index contributed by atoms with van der Waals surface area (Å²) in [6, 6.07) is 11.3. The van der Waals surface area contributed by atoms with E-state index in [0.717, 1.165) is 22.5 Å². The lowest BCUT2D eigenvalue weighted by atomic mass is 10.3. The highest BCUT2D eigenvalue weighted by Gasteiger charge is 2.29. The summed E-state index contributed by atoms with van der Waals surface area (Å²) in [6.45, 7) is -0.0694. The van der Waals surface area contributed by atoms with Crippen molar-refractivity contribution < 1.29 is 17.2 Å².